The predicted molar refractivity (Wildman–Crippen MR) is 82.4 cm³/mol. The smallest absolute Gasteiger partial charge is 0.0159 e. The second-order valence-corrected chi connectivity index (χ2v) is 4.01. The molecule has 0 N–H and O–H groups in total. The molecular formula is C15H30N2O2-2. The van der Waals surface area contributed by atoms with Crippen LogP contribution >= 0.6 is 0 Å². The van der Waals surface area contributed by atoms with E-state index in [0.29, 0.717) is 12.2 Å². The number of hydrogen-bond donors (Lipinski definition) is 0. The van der Waals surface area contributed by atoms with Crippen molar-refractivity contribution in [2.45, 2.75) is 85.5 Å². The van der Waals surface area contributed by atoms with Gasteiger partial charge in [-0.25, -0.2) is 0 Å². The Morgan fingerprint density at radius 2 is 0.789 bits per heavy atom. The second kappa shape index (κ2) is 36.0. The number of unbranched alkanes of at least 4 members (excludes halogenated alkanes) is 9. The Bertz CT molecular complexity index is 172. The van der Waals surface area contributed by atoms with Crippen LogP contribution in [-0.2, 0) is 9.59 Å². The van der Waals surface area contributed by atoms with Crippen molar-refractivity contribution in [1.29, 1.82) is 0 Å². The van der Waals surface area contributed by atoms with E-state index in [4.69, 9.17) is 20.4 Å². The fraction of sp³-hybridized carbons (Fsp3) is 0.867. The zero-order chi connectivity index (χ0) is 14.5. The quantitative estimate of drug-likeness (QED) is 0.321. The van der Waals surface area contributed by atoms with Gasteiger partial charge in [-0.3, -0.25) is 9.59 Å². The van der Waals surface area contributed by atoms with Crippen molar-refractivity contribution >= 4 is 12.2 Å². The maximum absolute atomic E-state index is 8.24. The van der Waals surface area contributed by atoms with Crippen LogP contribution in [0.4, 0.5) is 0 Å². The molecule has 0 aromatic rings. The Morgan fingerprint density at radius 1 is 0.632 bits per heavy atom. The summed E-state index contributed by atoms with van der Waals surface area (Å²) in [6.45, 7) is 4.56. The third-order valence-electron chi connectivity index (χ3n) is 2.46. The molecule has 4 nitrogen and oxygen atoms in total. The van der Waals surface area contributed by atoms with E-state index < -0.39 is 0 Å². The first-order valence-electron chi connectivity index (χ1n) is 6.77. The molecule has 0 radical (unpaired) electrons. The van der Waals surface area contributed by atoms with E-state index in [1.165, 1.54) is 64.2 Å². The molecule has 0 amide bonds. The minimum absolute atomic E-state index is 0. The van der Waals surface area contributed by atoms with Gasteiger partial charge in [0.25, 0.3) is 0 Å². The molecule has 19 heavy (non-hydrogen) atoms. The molecule has 0 unspecified atom stereocenters. The lowest BCUT2D eigenvalue weighted by Gasteiger charge is -1.99. The van der Waals surface area contributed by atoms with E-state index >= 15 is 0 Å². The number of rotatable bonds is 9. The fourth-order valence-corrected chi connectivity index (χ4v) is 1.56. The molecule has 0 spiro atoms. The molecule has 0 aliphatic rings. The second-order valence-electron chi connectivity index (χ2n) is 4.01. The van der Waals surface area contributed by atoms with E-state index in [1.54, 1.807) is 0 Å². The van der Waals surface area contributed by atoms with Crippen LogP contribution in [0, 0.1) is 0 Å². The number of hydrogen-bond acceptors (Lipinski definition) is 2. The van der Waals surface area contributed by atoms with Gasteiger partial charge in [-0.15, -0.1) is 0 Å². The monoisotopic (exact) mass is 270 g/mol. The highest BCUT2D eigenvalue weighted by molar-refractivity contribution is 5.37. The molecule has 0 aromatic heterocycles. The molecule has 0 saturated carbocycles. The summed E-state index contributed by atoms with van der Waals surface area (Å²) in [5, 5.41) is 13.5. The van der Waals surface area contributed by atoms with Gasteiger partial charge < -0.3 is 10.8 Å². The molecule has 114 valence electrons. The lowest BCUT2D eigenvalue weighted by atomic mass is 10.1. The van der Waals surface area contributed by atoms with Crippen LogP contribution in [0.1, 0.15) is 85.5 Å². The molecule has 0 aromatic carbocycles. The van der Waals surface area contributed by atoms with Crippen LogP contribution in [0.5, 0.6) is 0 Å². The van der Waals surface area contributed by atoms with Gasteiger partial charge in [0.2, 0.25) is 0 Å². The average Bonchev–Trinajstić information content (AvgIpc) is 2.35. The summed E-state index contributed by atoms with van der Waals surface area (Å²) in [7, 11) is 0. The zero-order valence-electron chi connectivity index (χ0n) is 11.8. The van der Waals surface area contributed by atoms with Crippen molar-refractivity contribution in [1.82, 2.24) is 0 Å². The predicted octanol–water partition coefficient (Wildman–Crippen LogP) is 5.35. The van der Waals surface area contributed by atoms with Crippen molar-refractivity contribution in [2.24, 2.45) is 0 Å². The van der Waals surface area contributed by atoms with Crippen molar-refractivity contribution < 1.29 is 9.59 Å². The Morgan fingerprint density at radius 3 is 0.947 bits per heavy atom. The van der Waals surface area contributed by atoms with Crippen LogP contribution in [0.15, 0.2) is 0 Å². The van der Waals surface area contributed by atoms with Gasteiger partial charge in [0, 0.05) is 0 Å². The van der Waals surface area contributed by atoms with Crippen LogP contribution < -0.4 is 0 Å². The molecular weight excluding hydrogens is 240 g/mol. The summed E-state index contributed by atoms with van der Waals surface area (Å²) in [5.74, 6) is 0. The highest BCUT2D eigenvalue weighted by Crippen LogP contribution is 2.09. The van der Waals surface area contributed by atoms with E-state index in [2.05, 4.69) is 13.8 Å². The summed E-state index contributed by atoms with van der Waals surface area (Å²) < 4.78 is 0. The number of carbonyl (C=O) groups excluding carboxylic acids is 2. The SMILES string of the molecule is C.CCCCCCCCCCCC.[N-]=C=O.[N-]=C=O. The third-order valence-corrected chi connectivity index (χ3v) is 2.46. The lowest BCUT2D eigenvalue weighted by Crippen LogP contribution is -1.80. The van der Waals surface area contributed by atoms with Gasteiger partial charge in [-0.2, -0.15) is 0 Å². The third kappa shape index (κ3) is 60.6. The Labute approximate surface area is 119 Å². The molecule has 4 heteroatoms. The lowest BCUT2D eigenvalue weighted by molar-refractivity contribution is 0.562. The van der Waals surface area contributed by atoms with E-state index in [9.17, 15) is 0 Å². The van der Waals surface area contributed by atoms with E-state index in [-0.39, 0.29) is 7.43 Å². The largest absolute Gasteiger partial charge is 0.724 e. The maximum Gasteiger partial charge on any atom is -0.0159 e. The summed E-state index contributed by atoms with van der Waals surface area (Å²) >= 11 is 0. The molecule has 0 bridgehead atoms. The minimum atomic E-state index is 0. The highest BCUT2D eigenvalue weighted by atomic mass is 16.1. The zero-order valence-corrected chi connectivity index (χ0v) is 11.8. The normalized spacial score (nSPS) is 7.47. The van der Waals surface area contributed by atoms with Crippen LogP contribution in [0.2, 0.25) is 0 Å². The first-order chi connectivity index (χ1) is 8.74. The Balaban J connectivity index is -0.000000137. The molecule has 0 rings (SSSR count). The number of nitrogens with zero attached hydrogens (tertiary/aromatic N) is 2. The molecule has 0 aliphatic carbocycles. The van der Waals surface area contributed by atoms with Crippen molar-refractivity contribution in [3.63, 3.8) is 0 Å². The van der Waals surface area contributed by atoms with Gasteiger partial charge in [-0.05, 0) is 12.2 Å². The Kier molecular flexibility index (Phi) is 49.9. The van der Waals surface area contributed by atoms with Gasteiger partial charge >= 0.3 is 0 Å². The minimum Gasteiger partial charge on any atom is -0.724 e. The standard InChI is InChI=1S/C12H26.2CNO.CH4/c1-3-5-7-9-11-12-10-8-6-4-2;2*2-1-3;/h3-12H2,1-2H3;;;1H4/q;2*-1;. The molecule has 0 saturated heterocycles. The van der Waals surface area contributed by atoms with Crippen LogP contribution in [0.25, 0.3) is 10.8 Å². The van der Waals surface area contributed by atoms with Gasteiger partial charge in [0.05, 0.1) is 0 Å². The maximum atomic E-state index is 8.24. The average molecular weight is 270 g/mol. The Hall–Kier alpha value is -1.24. The molecule has 0 aliphatic heterocycles. The summed E-state index contributed by atoms with van der Waals surface area (Å²) in [6, 6.07) is 0. The van der Waals surface area contributed by atoms with Crippen LogP contribution in [0.3, 0.4) is 0 Å². The van der Waals surface area contributed by atoms with Crippen molar-refractivity contribution in [3.8, 4) is 0 Å². The van der Waals surface area contributed by atoms with E-state index in [1.807, 2.05) is 0 Å². The molecule has 0 heterocycles. The van der Waals surface area contributed by atoms with Gasteiger partial charge in [0.1, 0.15) is 0 Å². The van der Waals surface area contributed by atoms with Crippen molar-refractivity contribution in [3.05, 3.63) is 10.8 Å². The number of isocyanates is 2. The summed E-state index contributed by atoms with van der Waals surface area (Å²) in [5.41, 5.74) is 0. The summed E-state index contributed by atoms with van der Waals surface area (Å²) in [4.78, 5) is 16.5. The first-order valence-corrected chi connectivity index (χ1v) is 6.77. The highest BCUT2D eigenvalue weighted by Gasteiger charge is 1.90. The van der Waals surface area contributed by atoms with Crippen molar-refractivity contribution in [2.75, 3.05) is 0 Å². The molecule has 0 atom stereocenters. The first kappa shape index (κ1) is 26.3. The topological polar surface area (TPSA) is 78.7 Å². The summed E-state index contributed by atoms with van der Waals surface area (Å²) in [6.07, 6.45) is 15.4. The van der Waals surface area contributed by atoms with Gasteiger partial charge in [0.15, 0.2) is 0 Å². The van der Waals surface area contributed by atoms with Crippen LogP contribution in [-0.4, -0.2) is 12.2 Å². The fourth-order valence-electron chi connectivity index (χ4n) is 1.56. The van der Waals surface area contributed by atoms with Gasteiger partial charge in [-0.1, -0.05) is 85.5 Å². The van der Waals surface area contributed by atoms with E-state index in [0.717, 1.165) is 0 Å². The molecule has 0 fully saturated rings.